The third-order valence-electron chi connectivity index (χ3n) is 2.36. The van der Waals surface area contributed by atoms with Crippen LogP contribution in [0.5, 0.6) is 5.75 Å². The molecule has 2 N–H and O–H groups in total. The van der Waals surface area contributed by atoms with Crippen LogP contribution in [0.15, 0.2) is 24.8 Å². The van der Waals surface area contributed by atoms with E-state index in [9.17, 15) is 0 Å². The van der Waals surface area contributed by atoms with Crippen LogP contribution in [-0.4, -0.2) is 39.1 Å². The molecule has 0 aromatic heterocycles. The molecule has 130 valence electrons. The van der Waals surface area contributed by atoms with Crippen LogP contribution in [0.3, 0.4) is 0 Å². The summed E-state index contributed by atoms with van der Waals surface area (Å²) in [6.07, 6.45) is 1.81. The van der Waals surface area contributed by atoms with Gasteiger partial charge in [0.15, 0.2) is 0 Å². The Balaban J connectivity index is -0.000000306. The first-order valence-corrected chi connectivity index (χ1v) is 7.36. The van der Waals surface area contributed by atoms with E-state index in [1.165, 1.54) is 0 Å². The number of aliphatic hydroxyl groups is 1. The molecule has 0 spiro atoms. The van der Waals surface area contributed by atoms with Gasteiger partial charge in [0.1, 0.15) is 5.75 Å². The van der Waals surface area contributed by atoms with Crippen LogP contribution in [0.25, 0.3) is 6.08 Å². The smallest absolute Gasteiger partial charge is 0.120 e. The number of ether oxygens (including phenoxy) is 2. The van der Waals surface area contributed by atoms with E-state index in [0.717, 1.165) is 24.1 Å². The molecular weight excluding hydrogens is 278 g/mol. The van der Waals surface area contributed by atoms with Crippen LogP contribution in [0.1, 0.15) is 40.2 Å². The van der Waals surface area contributed by atoms with E-state index in [-0.39, 0.29) is 5.60 Å². The van der Waals surface area contributed by atoms with Crippen molar-refractivity contribution in [1.82, 2.24) is 0 Å². The number of methoxy groups -OCH3 is 2. The predicted octanol–water partition coefficient (Wildman–Crippen LogP) is 4.45. The summed E-state index contributed by atoms with van der Waals surface area (Å²) in [5.41, 5.74) is 2.16. The number of rotatable bonds is 3. The Hall–Kier alpha value is -1.52. The van der Waals surface area contributed by atoms with Crippen molar-refractivity contribution in [3.05, 3.63) is 30.3 Å². The Bertz CT molecular complexity index is 371. The molecule has 4 nitrogen and oxygen atoms in total. The van der Waals surface area contributed by atoms with Crippen molar-refractivity contribution in [2.24, 2.45) is 0 Å². The first-order valence-electron chi connectivity index (χ1n) is 7.36. The van der Waals surface area contributed by atoms with Crippen molar-refractivity contribution in [2.45, 2.75) is 40.2 Å². The molecule has 0 heterocycles. The highest BCUT2D eigenvalue weighted by Gasteiger charge is 2.04. The van der Waals surface area contributed by atoms with Gasteiger partial charge in [0.05, 0.1) is 12.7 Å². The number of nitrogens with one attached hydrogen (secondary N) is 1. The molecule has 1 rings (SSSR count). The summed E-state index contributed by atoms with van der Waals surface area (Å²) < 4.78 is 10.0. The largest absolute Gasteiger partial charge is 0.497 e. The third-order valence-corrected chi connectivity index (χ3v) is 2.36. The predicted molar refractivity (Wildman–Crippen MR) is 98.9 cm³/mol. The van der Waals surface area contributed by atoms with Crippen molar-refractivity contribution in [3.8, 4) is 5.75 Å². The lowest BCUT2D eigenvalue weighted by Gasteiger charge is -2.14. The Morgan fingerprint density at radius 3 is 1.86 bits per heavy atom. The van der Waals surface area contributed by atoms with Crippen LogP contribution in [-0.2, 0) is 4.74 Å². The van der Waals surface area contributed by atoms with E-state index in [2.05, 4.69) is 11.9 Å². The molecule has 0 unspecified atom stereocenters. The Kier molecular flexibility index (Phi) is 18.3. The summed E-state index contributed by atoms with van der Waals surface area (Å²) >= 11 is 0. The molecule has 0 atom stereocenters. The van der Waals surface area contributed by atoms with E-state index in [1.807, 2.05) is 65.9 Å². The topological polar surface area (TPSA) is 50.7 Å². The second kappa shape index (κ2) is 15.9. The maximum Gasteiger partial charge on any atom is 0.120 e. The van der Waals surface area contributed by atoms with Gasteiger partial charge >= 0.3 is 0 Å². The molecule has 0 aliphatic heterocycles. The summed E-state index contributed by atoms with van der Waals surface area (Å²) in [6, 6.07) is 5.83. The molecule has 4 heteroatoms. The first kappa shape index (κ1) is 25.4. The molecule has 0 bridgehead atoms. The van der Waals surface area contributed by atoms with Crippen LogP contribution in [0.2, 0.25) is 0 Å². The van der Waals surface area contributed by atoms with Gasteiger partial charge in [-0.25, -0.2) is 0 Å². The van der Waals surface area contributed by atoms with Gasteiger partial charge in [-0.3, -0.25) is 0 Å². The molecule has 22 heavy (non-hydrogen) atoms. The quantitative estimate of drug-likeness (QED) is 0.866. The standard InChI is InChI=1S/C10H13NO.C5H12O.C2H6.CH4O/c1-4-8-5-6-9(12-3)7-10(8)11-2;1-5(2,3)6-4;2*1-2/h4-7,11H,1H2,2-3H3;1-4H3;1-2H3;2H,1H3. The van der Waals surface area contributed by atoms with E-state index in [1.54, 1.807) is 14.2 Å². The monoisotopic (exact) mass is 313 g/mol. The third kappa shape index (κ3) is 13.5. The number of anilines is 1. The summed E-state index contributed by atoms with van der Waals surface area (Å²) in [4.78, 5) is 0. The summed E-state index contributed by atoms with van der Waals surface area (Å²) in [5.74, 6) is 0.852. The fourth-order valence-corrected chi connectivity index (χ4v) is 1.06. The fourth-order valence-electron chi connectivity index (χ4n) is 1.06. The van der Waals surface area contributed by atoms with Gasteiger partial charge in [-0.05, 0) is 38.5 Å². The molecule has 1 aromatic carbocycles. The lowest BCUT2D eigenvalue weighted by atomic mass is 10.1. The van der Waals surface area contributed by atoms with Crippen molar-refractivity contribution < 1.29 is 14.6 Å². The highest BCUT2D eigenvalue weighted by molar-refractivity contribution is 5.67. The van der Waals surface area contributed by atoms with E-state index in [0.29, 0.717) is 0 Å². The molecule has 0 saturated heterocycles. The molecular formula is C18H35NO3. The SMILES string of the molecule is C=Cc1ccc(OC)cc1NC.CC.CO.COC(C)(C)C. The van der Waals surface area contributed by atoms with Crippen molar-refractivity contribution in [2.75, 3.05) is 33.7 Å². The molecule has 1 aromatic rings. The minimum Gasteiger partial charge on any atom is -0.497 e. The van der Waals surface area contributed by atoms with Crippen LogP contribution >= 0.6 is 0 Å². The summed E-state index contributed by atoms with van der Waals surface area (Å²) in [7, 11) is 6.24. The molecule has 0 aliphatic carbocycles. The molecule has 0 aliphatic rings. The number of hydrogen-bond donors (Lipinski definition) is 2. The van der Waals surface area contributed by atoms with Gasteiger partial charge in [-0.15, -0.1) is 0 Å². The molecule has 0 saturated carbocycles. The maximum atomic E-state index is 7.00. The Morgan fingerprint density at radius 2 is 1.59 bits per heavy atom. The highest BCUT2D eigenvalue weighted by atomic mass is 16.5. The van der Waals surface area contributed by atoms with E-state index in [4.69, 9.17) is 14.6 Å². The lowest BCUT2D eigenvalue weighted by molar-refractivity contribution is 0.0397. The van der Waals surface area contributed by atoms with Gasteiger partial charge in [0.2, 0.25) is 0 Å². The fraction of sp³-hybridized carbons (Fsp3) is 0.556. The second-order valence-electron chi connectivity index (χ2n) is 4.72. The van der Waals surface area contributed by atoms with E-state index >= 15 is 0 Å². The Labute approximate surface area is 137 Å². The number of benzene rings is 1. The molecule has 0 fully saturated rings. The summed E-state index contributed by atoms with van der Waals surface area (Å²) in [5, 5.41) is 10.1. The van der Waals surface area contributed by atoms with Crippen LogP contribution < -0.4 is 10.1 Å². The second-order valence-corrected chi connectivity index (χ2v) is 4.72. The van der Waals surface area contributed by atoms with Crippen molar-refractivity contribution in [1.29, 1.82) is 0 Å². The minimum absolute atomic E-state index is 0.0417. The van der Waals surface area contributed by atoms with Crippen molar-refractivity contribution >= 4 is 11.8 Å². The first-order chi connectivity index (χ1) is 10.4. The van der Waals surface area contributed by atoms with Crippen LogP contribution in [0, 0.1) is 0 Å². The normalized spacial score (nSPS) is 8.82. The average molecular weight is 313 g/mol. The summed E-state index contributed by atoms with van der Waals surface area (Å²) in [6.45, 7) is 13.8. The molecule has 0 amide bonds. The number of hydrogen-bond acceptors (Lipinski definition) is 4. The van der Waals surface area contributed by atoms with Gasteiger partial charge < -0.3 is 19.9 Å². The zero-order valence-corrected chi connectivity index (χ0v) is 15.8. The lowest BCUT2D eigenvalue weighted by Crippen LogP contribution is -2.15. The number of aliphatic hydroxyl groups excluding tert-OH is 1. The zero-order valence-electron chi connectivity index (χ0n) is 15.8. The highest BCUT2D eigenvalue weighted by Crippen LogP contribution is 2.22. The minimum atomic E-state index is 0.0417. The molecule has 0 radical (unpaired) electrons. The average Bonchev–Trinajstić information content (AvgIpc) is 2.57. The maximum absolute atomic E-state index is 7.00. The Morgan fingerprint density at radius 1 is 1.14 bits per heavy atom. The van der Waals surface area contributed by atoms with E-state index < -0.39 is 0 Å². The van der Waals surface area contributed by atoms with Crippen LogP contribution in [0.4, 0.5) is 5.69 Å². The van der Waals surface area contributed by atoms with Gasteiger partial charge in [0, 0.05) is 33.0 Å². The van der Waals surface area contributed by atoms with Gasteiger partial charge in [-0.2, -0.15) is 0 Å². The zero-order chi connectivity index (χ0) is 18.2. The van der Waals surface area contributed by atoms with Gasteiger partial charge in [-0.1, -0.05) is 26.5 Å². The van der Waals surface area contributed by atoms with Gasteiger partial charge in [0.25, 0.3) is 0 Å². The van der Waals surface area contributed by atoms with Crippen molar-refractivity contribution in [3.63, 3.8) is 0 Å².